The number of fused-ring (bicyclic) bond motifs is 1. The molecule has 3 rings (SSSR count). The second-order valence-corrected chi connectivity index (χ2v) is 7.55. The zero-order chi connectivity index (χ0) is 15.5. The summed E-state index contributed by atoms with van der Waals surface area (Å²) in [6.07, 6.45) is 8.67. The highest BCUT2D eigenvalue weighted by molar-refractivity contribution is 5.82. The van der Waals surface area contributed by atoms with Gasteiger partial charge in [-0.25, -0.2) is 0 Å². The third-order valence-electron chi connectivity index (χ3n) is 6.38. The fourth-order valence-corrected chi connectivity index (χ4v) is 4.89. The molecule has 1 aliphatic carbocycles. The molecule has 3 unspecified atom stereocenters. The van der Waals surface area contributed by atoms with Crippen LogP contribution in [0.3, 0.4) is 0 Å². The van der Waals surface area contributed by atoms with Crippen molar-refractivity contribution in [3.63, 3.8) is 0 Å². The summed E-state index contributed by atoms with van der Waals surface area (Å²) >= 11 is 0. The van der Waals surface area contributed by atoms with Crippen molar-refractivity contribution in [3.05, 3.63) is 0 Å². The van der Waals surface area contributed by atoms with Crippen LogP contribution in [0.15, 0.2) is 0 Å². The molecule has 2 heterocycles. The minimum absolute atomic E-state index is 0.0568. The van der Waals surface area contributed by atoms with Crippen LogP contribution >= 0.6 is 0 Å². The average Bonchev–Trinajstić information content (AvgIpc) is 2.97. The molecule has 0 spiro atoms. The van der Waals surface area contributed by atoms with Gasteiger partial charge in [0.25, 0.3) is 0 Å². The molecule has 0 aromatic rings. The summed E-state index contributed by atoms with van der Waals surface area (Å²) in [5, 5.41) is 3.27. The standard InChI is InChI=1S/C18H33N3O/c1-3-20-11-9-14(10-12-20)13-21-17-6-4-5-15(17)7-8-16(19-2)18(21)22/h14-17,19H,3-13H2,1-2H3. The number of rotatable bonds is 4. The summed E-state index contributed by atoms with van der Waals surface area (Å²) in [6.45, 7) is 6.86. The van der Waals surface area contributed by atoms with Crippen LogP contribution in [0.2, 0.25) is 0 Å². The molecule has 2 aliphatic heterocycles. The Balaban J connectivity index is 1.66. The van der Waals surface area contributed by atoms with Crippen molar-refractivity contribution in [2.75, 3.05) is 33.2 Å². The van der Waals surface area contributed by atoms with Crippen molar-refractivity contribution in [1.82, 2.24) is 15.1 Å². The van der Waals surface area contributed by atoms with E-state index in [9.17, 15) is 4.79 Å². The molecule has 2 saturated heterocycles. The highest BCUT2D eigenvalue weighted by Crippen LogP contribution is 2.37. The first-order valence-corrected chi connectivity index (χ1v) is 9.43. The fourth-order valence-electron chi connectivity index (χ4n) is 4.89. The Kier molecular flexibility index (Phi) is 5.40. The summed E-state index contributed by atoms with van der Waals surface area (Å²) in [5.41, 5.74) is 0. The Bertz CT molecular complexity index is 379. The third kappa shape index (κ3) is 3.33. The van der Waals surface area contributed by atoms with E-state index in [0.717, 1.165) is 18.9 Å². The molecule has 3 fully saturated rings. The zero-order valence-corrected chi connectivity index (χ0v) is 14.4. The lowest BCUT2D eigenvalue weighted by atomic mass is 9.93. The molecule has 3 atom stereocenters. The van der Waals surface area contributed by atoms with E-state index in [2.05, 4.69) is 22.0 Å². The van der Waals surface area contributed by atoms with Gasteiger partial charge in [0.05, 0.1) is 6.04 Å². The van der Waals surface area contributed by atoms with E-state index in [-0.39, 0.29) is 6.04 Å². The van der Waals surface area contributed by atoms with E-state index in [0.29, 0.717) is 17.9 Å². The molecule has 22 heavy (non-hydrogen) atoms. The van der Waals surface area contributed by atoms with Crippen molar-refractivity contribution < 1.29 is 4.79 Å². The van der Waals surface area contributed by atoms with Crippen LogP contribution in [0.5, 0.6) is 0 Å². The Labute approximate surface area is 135 Å². The zero-order valence-electron chi connectivity index (χ0n) is 14.4. The quantitative estimate of drug-likeness (QED) is 0.864. The number of piperidine rings is 1. The minimum Gasteiger partial charge on any atom is -0.338 e. The first-order valence-electron chi connectivity index (χ1n) is 9.43. The Morgan fingerprint density at radius 1 is 1.09 bits per heavy atom. The maximum atomic E-state index is 13.0. The molecule has 0 radical (unpaired) electrons. The first kappa shape index (κ1) is 16.3. The number of hydrogen-bond acceptors (Lipinski definition) is 3. The highest BCUT2D eigenvalue weighted by Gasteiger charge is 2.40. The Morgan fingerprint density at radius 3 is 2.55 bits per heavy atom. The highest BCUT2D eigenvalue weighted by atomic mass is 16.2. The number of nitrogens with one attached hydrogen (secondary N) is 1. The Morgan fingerprint density at radius 2 is 1.86 bits per heavy atom. The molecule has 1 saturated carbocycles. The lowest BCUT2D eigenvalue weighted by Crippen LogP contribution is -2.51. The predicted octanol–water partition coefficient (Wildman–Crippen LogP) is 2.10. The number of likely N-dealkylation sites (tertiary alicyclic amines) is 2. The maximum absolute atomic E-state index is 13.0. The summed E-state index contributed by atoms with van der Waals surface area (Å²) in [6, 6.07) is 0.594. The fraction of sp³-hybridized carbons (Fsp3) is 0.944. The number of nitrogens with zero attached hydrogens (tertiary/aromatic N) is 2. The van der Waals surface area contributed by atoms with Crippen molar-refractivity contribution in [2.45, 2.75) is 64.0 Å². The molecule has 126 valence electrons. The topological polar surface area (TPSA) is 35.6 Å². The molecule has 1 amide bonds. The van der Waals surface area contributed by atoms with Crippen LogP contribution in [0.1, 0.15) is 51.9 Å². The lowest BCUT2D eigenvalue weighted by molar-refractivity contribution is -0.136. The number of carbonyl (C=O) groups excluding carboxylic acids is 1. The predicted molar refractivity (Wildman–Crippen MR) is 89.8 cm³/mol. The monoisotopic (exact) mass is 307 g/mol. The SMILES string of the molecule is CCN1CCC(CN2C(=O)C(NC)CCC3CCCC32)CC1. The largest absolute Gasteiger partial charge is 0.338 e. The molecule has 4 heteroatoms. The van der Waals surface area contributed by atoms with Crippen LogP contribution in [-0.2, 0) is 4.79 Å². The van der Waals surface area contributed by atoms with Crippen molar-refractivity contribution in [2.24, 2.45) is 11.8 Å². The normalized spacial score (nSPS) is 34.7. The molecule has 0 aromatic carbocycles. The second-order valence-electron chi connectivity index (χ2n) is 7.55. The van der Waals surface area contributed by atoms with E-state index in [1.807, 2.05) is 7.05 Å². The number of amides is 1. The van der Waals surface area contributed by atoms with Crippen molar-refractivity contribution in [1.29, 1.82) is 0 Å². The number of hydrogen-bond donors (Lipinski definition) is 1. The van der Waals surface area contributed by atoms with Crippen molar-refractivity contribution >= 4 is 5.91 Å². The van der Waals surface area contributed by atoms with Crippen LogP contribution < -0.4 is 5.32 Å². The van der Waals surface area contributed by atoms with E-state index in [4.69, 9.17) is 0 Å². The van der Waals surface area contributed by atoms with E-state index >= 15 is 0 Å². The molecule has 0 bridgehead atoms. The van der Waals surface area contributed by atoms with Gasteiger partial charge in [-0.15, -0.1) is 0 Å². The second kappa shape index (κ2) is 7.31. The minimum atomic E-state index is 0.0568. The van der Waals surface area contributed by atoms with Gasteiger partial charge in [-0.3, -0.25) is 4.79 Å². The van der Waals surface area contributed by atoms with Crippen LogP contribution in [0.25, 0.3) is 0 Å². The summed E-state index contributed by atoms with van der Waals surface area (Å²) < 4.78 is 0. The van der Waals surface area contributed by atoms with Gasteiger partial charge in [0.2, 0.25) is 5.91 Å². The summed E-state index contributed by atoms with van der Waals surface area (Å²) in [4.78, 5) is 17.8. The van der Waals surface area contributed by atoms with Gasteiger partial charge in [-0.1, -0.05) is 13.3 Å². The number of likely N-dealkylation sites (N-methyl/N-ethyl adjacent to an activating group) is 1. The molecule has 1 N–H and O–H groups in total. The van der Waals surface area contributed by atoms with Crippen LogP contribution in [-0.4, -0.2) is 61.0 Å². The molecular weight excluding hydrogens is 274 g/mol. The summed E-state index contributed by atoms with van der Waals surface area (Å²) in [5.74, 6) is 1.86. The Hall–Kier alpha value is -0.610. The molecule has 3 aliphatic rings. The maximum Gasteiger partial charge on any atom is 0.239 e. The molecule has 4 nitrogen and oxygen atoms in total. The lowest BCUT2D eigenvalue weighted by Gasteiger charge is -2.38. The van der Waals surface area contributed by atoms with Gasteiger partial charge in [0, 0.05) is 12.6 Å². The number of carbonyl (C=O) groups is 1. The van der Waals surface area contributed by atoms with E-state index < -0.39 is 0 Å². The smallest absolute Gasteiger partial charge is 0.239 e. The first-order chi connectivity index (χ1) is 10.7. The van der Waals surface area contributed by atoms with Gasteiger partial charge in [0.15, 0.2) is 0 Å². The van der Waals surface area contributed by atoms with E-state index in [1.165, 1.54) is 58.2 Å². The third-order valence-corrected chi connectivity index (χ3v) is 6.38. The molecule has 0 aromatic heterocycles. The van der Waals surface area contributed by atoms with Gasteiger partial charge < -0.3 is 15.1 Å². The van der Waals surface area contributed by atoms with Gasteiger partial charge in [0.1, 0.15) is 0 Å². The van der Waals surface area contributed by atoms with Crippen LogP contribution in [0.4, 0.5) is 0 Å². The van der Waals surface area contributed by atoms with E-state index in [1.54, 1.807) is 0 Å². The average molecular weight is 307 g/mol. The van der Waals surface area contributed by atoms with Gasteiger partial charge >= 0.3 is 0 Å². The van der Waals surface area contributed by atoms with Crippen molar-refractivity contribution in [3.8, 4) is 0 Å². The van der Waals surface area contributed by atoms with Gasteiger partial charge in [-0.05, 0) is 77.0 Å². The van der Waals surface area contributed by atoms with Crippen LogP contribution in [0, 0.1) is 11.8 Å². The van der Waals surface area contributed by atoms with Gasteiger partial charge in [-0.2, -0.15) is 0 Å². The molecular formula is C18H33N3O. The summed E-state index contributed by atoms with van der Waals surface area (Å²) in [7, 11) is 1.95.